The quantitative estimate of drug-likeness (QED) is 0.660. The van der Waals surface area contributed by atoms with E-state index in [1.165, 1.54) is 19.4 Å². The summed E-state index contributed by atoms with van der Waals surface area (Å²) in [5.41, 5.74) is 6.18. The Morgan fingerprint density at radius 1 is 1.79 bits per heavy atom. The number of carbonyl (C=O) groups is 1. The van der Waals surface area contributed by atoms with E-state index >= 15 is 0 Å². The first-order chi connectivity index (χ1) is 6.56. The molecule has 0 bridgehead atoms. The largest absolute Gasteiger partial charge is 0.468 e. The molecule has 1 atom stereocenters. The van der Waals surface area contributed by atoms with Crippen molar-refractivity contribution < 1.29 is 9.53 Å². The van der Waals surface area contributed by atoms with Gasteiger partial charge in [0.15, 0.2) is 0 Å². The molecule has 6 heteroatoms. The van der Waals surface area contributed by atoms with Crippen LogP contribution in [0.3, 0.4) is 0 Å². The molecule has 0 saturated heterocycles. The molecular formula is C8H8BrClN2O2. The minimum atomic E-state index is -0.852. The highest BCUT2D eigenvalue weighted by molar-refractivity contribution is 9.10. The van der Waals surface area contributed by atoms with Crippen LogP contribution in [0.15, 0.2) is 16.7 Å². The number of nitrogens with zero attached hydrogens (tertiary/aromatic N) is 1. The van der Waals surface area contributed by atoms with Crippen molar-refractivity contribution in [2.24, 2.45) is 5.73 Å². The highest BCUT2D eigenvalue weighted by Gasteiger charge is 2.19. The molecule has 1 heterocycles. The van der Waals surface area contributed by atoms with Crippen LogP contribution >= 0.6 is 27.5 Å². The third kappa shape index (κ3) is 2.43. The topological polar surface area (TPSA) is 65.2 Å². The summed E-state index contributed by atoms with van der Waals surface area (Å²) in [6, 6.07) is 0.669. The van der Waals surface area contributed by atoms with Crippen molar-refractivity contribution in [3.63, 3.8) is 0 Å². The smallest absolute Gasteiger partial charge is 0.327 e. The first kappa shape index (κ1) is 11.4. The van der Waals surface area contributed by atoms with Gasteiger partial charge in [0.2, 0.25) is 0 Å². The highest BCUT2D eigenvalue weighted by Crippen LogP contribution is 2.24. The molecule has 76 valence electrons. The van der Waals surface area contributed by atoms with Gasteiger partial charge in [0.25, 0.3) is 0 Å². The van der Waals surface area contributed by atoms with Crippen LogP contribution in [0, 0.1) is 0 Å². The second-order valence-electron chi connectivity index (χ2n) is 2.53. The van der Waals surface area contributed by atoms with E-state index in [-0.39, 0.29) is 5.15 Å². The minimum Gasteiger partial charge on any atom is -0.468 e. The average molecular weight is 280 g/mol. The summed E-state index contributed by atoms with van der Waals surface area (Å²) in [6.45, 7) is 0. The molecule has 4 nitrogen and oxygen atoms in total. The minimum absolute atomic E-state index is 0.280. The highest BCUT2D eigenvalue weighted by atomic mass is 79.9. The number of nitrogens with two attached hydrogens (primary N) is 1. The fourth-order valence-corrected chi connectivity index (χ4v) is 1.55. The fraction of sp³-hybridized carbons (Fsp3) is 0.250. The van der Waals surface area contributed by atoms with Crippen LogP contribution in [-0.4, -0.2) is 18.1 Å². The van der Waals surface area contributed by atoms with Crippen molar-refractivity contribution in [3.8, 4) is 0 Å². The lowest BCUT2D eigenvalue weighted by molar-refractivity contribution is -0.142. The van der Waals surface area contributed by atoms with Gasteiger partial charge in [0.05, 0.1) is 7.11 Å². The van der Waals surface area contributed by atoms with Gasteiger partial charge in [0, 0.05) is 10.7 Å². The molecular weight excluding hydrogens is 271 g/mol. The number of hydrogen-bond acceptors (Lipinski definition) is 4. The lowest BCUT2D eigenvalue weighted by Gasteiger charge is -2.11. The molecule has 0 radical (unpaired) electrons. The standard InChI is InChI=1S/C8H8BrClN2O2/c1-14-8(13)7(11)4-2-6(10)12-3-5(4)9/h2-3,7H,11H2,1H3. The molecule has 1 rings (SSSR count). The third-order valence-electron chi connectivity index (χ3n) is 1.64. The SMILES string of the molecule is COC(=O)C(N)c1cc(Cl)ncc1Br. The number of ether oxygens (including phenoxy) is 1. The van der Waals surface area contributed by atoms with Crippen molar-refractivity contribution in [3.05, 3.63) is 27.5 Å². The Morgan fingerprint density at radius 3 is 3.00 bits per heavy atom. The van der Waals surface area contributed by atoms with Crippen LogP contribution in [0.25, 0.3) is 0 Å². The van der Waals surface area contributed by atoms with Crippen LogP contribution in [-0.2, 0) is 9.53 Å². The maximum Gasteiger partial charge on any atom is 0.327 e. The molecule has 1 unspecified atom stereocenters. The zero-order valence-corrected chi connectivity index (χ0v) is 9.67. The van der Waals surface area contributed by atoms with E-state index in [9.17, 15) is 4.79 Å². The number of methoxy groups -OCH3 is 1. The summed E-state index contributed by atoms with van der Waals surface area (Å²) in [5, 5.41) is 0.280. The lowest BCUT2D eigenvalue weighted by Crippen LogP contribution is -2.23. The number of pyridine rings is 1. The van der Waals surface area contributed by atoms with E-state index in [1.807, 2.05) is 0 Å². The van der Waals surface area contributed by atoms with Crippen LogP contribution in [0.4, 0.5) is 0 Å². The molecule has 14 heavy (non-hydrogen) atoms. The Balaban J connectivity index is 3.05. The number of carbonyl (C=O) groups excluding carboxylic acids is 1. The van der Waals surface area contributed by atoms with E-state index in [2.05, 4.69) is 25.7 Å². The summed E-state index contributed by atoms with van der Waals surface area (Å²) in [4.78, 5) is 15.0. The predicted molar refractivity (Wildman–Crippen MR) is 55.9 cm³/mol. The monoisotopic (exact) mass is 278 g/mol. The molecule has 0 amide bonds. The van der Waals surface area contributed by atoms with Gasteiger partial charge in [-0.25, -0.2) is 4.98 Å². The van der Waals surface area contributed by atoms with E-state index < -0.39 is 12.0 Å². The third-order valence-corrected chi connectivity index (χ3v) is 2.51. The van der Waals surface area contributed by atoms with Gasteiger partial charge in [-0.15, -0.1) is 0 Å². The maximum atomic E-state index is 11.1. The Bertz CT molecular complexity index is 359. The zero-order valence-electron chi connectivity index (χ0n) is 7.33. The molecule has 0 aliphatic carbocycles. The maximum absolute atomic E-state index is 11.1. The van der Waals surface area contributed by atoms with Crippen LogP contribution in [0.5, 0.6) is 0 Å². The lowest BCUT2D eigenvalue weighted by atomic mass is 10.1. The predicted octanol–water partition coefficient (Wildman–Crippen LogP) is 1.67. The van der Waals surface area contributed by atoms with Crippen molar-refractivity contribution in [2.45, 2.75) is 6.04 Å². The van der Waals surface area contributed by atoms with Gasteiger partial charge in [0.1, 0.15) is 11.2 Å². The average Bonchev–Trinajstić information content (AvgIpc) is 2.19. The summed E-state index contributed by atoms with van der Waals surface area (Å²) in [5.74, 6) is -0.520. The molecule has 0 aliphatic heterocycles. The van der Waals surface area contributed by atoms with Crippen LogP contribution in [0.2, 0.25) is 5.15 Å². The zero-order chi connectivity index (χ0) is 10.7. The first-order valence-electron chi connectivity index (χ1n) is 3.70. The van der Waals surface area contributed by atoms with E-state index in [1.54, 1.807) is 0 Å². The van der Waals surface area contributed by atoms with Gasteiger partial charge >= 0.3 is 5.97 Å². The van der Waals surface area contributed by atoms with Gasteiger partial charge < -0.3 is 10.5 Å². The number of halogens is 2. The number of rotatable bonds is 2. The molecule has 0 spiro atoms. The second kappa shape index (κ2) is 4.72. The molecule has 1 aromatic heterocycles. The van der Waals surface area contributed by atoms with Gasteiger partial charge in [-0.3, -0.25) is 4.79 Å². The molecule has 1 aromatic rings. The van der Waals surface area contributed by atoms with Gasteiger partial charge in [-0.05, 0) is 27.6 Å². The number of hydrogen-bond donors (Lipinski definition) is 1. The van der Waals surface area contributed by atoms with E-state index in [0.29, 0.717) is 10.0 Å². The van der Waals surface area contributed by atoms with Crippen LogP contribution < -0.4 is 5.73 Å². The Kier molecular flexibility index (Phi) is 3.86. The van der Waals surface area contributed by atoms with Crippen molar-refractivity contribution >= 4 is 33.5 Å². The Labute approximate surface area is 94.5 Å². The number of esters is 1. The molecule has 0 fully saturated rings. The Hall–Kier alpha value is -0.650. The Morgan fingerprint density at radius 2 is 2.43 bits per heavy atom. The van der Waals surface area contributed by atoms with Gasteiger partial charge in [-0.2, -0.15) is 0 Å². The number of aromatic nitrogens is 1. The van der Waals surface area contributed by atoms with Crippen molar-refractivity contribution in [2.75, 3.05) is 7.11 Å². The van der Waals surface area contributed by atoms with E-state index in [0.717, 1.165) is 0 Å². The molecule has 0 aliphatic rings. The molecule has 0 saturated carbocycles. The van der Waals surface area contributed by atoms with Gasteiger partial charge in [-0.1, -0.05) is 11.6 Å². The van der Waals surface area contributed by atoms with E-state index in [4.69, 9.17) is 17.3 Å². The summed E-state index contributed by atoms with van der Waals surface area (Å²) in [6.07, 6.45) is 1.49. The van der Waals surface area contributed by atoms with Crippen molar-refractivity contribution in [1.29, 1.82) is 0 Å². The van der Waals surface area contributed by atoms with Crippen molar-refractivity contribution in [1.82, 2.24) is 4.98 Å². The molecule has 0 aromatic carbocycles. The molecule has 2 N–H and O–H groups in total. The second-order valence-corrected chi connectivity index (χ2v) is 3.77. The summed E-state index contributed by atoms with van der Waals surface area (Å²) >= 11 is 8.89. The normalized spacial score (nSPS) is 12.3. The van der Waals surface area contributed by atoms with Crippen LogP contribution in [0.1, 0.15) is 11.6 Å². The fourth-order valence-electron chi connectivity index (χ4n) is 0.920. The summed E-state index contributed by atoms with van der Waals surface area (Å²) in [7, 11) is 1.28. The first-order valence-corrected chi connectivity index (χ1v) is 4.87. The summed E-state index contributed by atoms with van der Waals surface area (Å²) < 4.78 is 5.14.